The molecule has 7 nitrogen and oxygen atoms in total. The summed E-state index contributed by atoms with van der Waals surface area (Å²) >= 11 is 0. The summed E-state index contributed by atoms with van der Waals surface area (Å²) < 4.78 is 15.6. The lowest BCUT2D eigenvalue weighted by Crippen LogP contribution is -2.33. The van der Waals surface area contributed by atoms with Crippen LogP contribution in [-0.4, -0.2) is 25.0 Å². The molecule has 0 aliphatic heterocycles. The summed E-state index contributed by atoms with van der Waals surface area (Å²) in [7, 11) is 1.58. The Hall–Kier alpha value is -3.87. The van der Waals surface area contributed by atoms with E-state index in [1.54, 1.807) is 63.4 Å². The first-order chi connectivity index (χ1) is 14.4. The number of hydrogen-bond donors (Lipinski definition) is 1. The van der Waals surface area contributed by atoms with Gasteiger partial charge in [-0.05, 0) is 55.8 Å². The van der Waals surface area contributed by atoms with E-state index in [2.05, 4.69) is 5.32 Å². The number of methoxy groups -OCH3 is 1. The number of carbonyl (C=O) groups excluding carboxylic acids is 2. The van der Waals surface area contributed by atoms with Gasteiger partial charge in [-0.1, -0.05) is 12.1 Å². The van der Waals surface area contributed by atoms with Gasteiger partial charge in [0.1, 0.15) is 22.6 Å². The van der Waals surface area contributed by atoms with Crippen molar-refractivity contribution in [2.75, 3.05) is 7.11 Å². The predicted octanol–water partition coefficient (Wildman–Crippen LogP) is 3.56. The van der Waals surface area contributed by atoms with Gasteiger partial charge in [-0.2, -0.15) is 0 Å². The minimum Gasteiger partial charge on any atom is -0.497 e. The molecule has 3 aromatic rings. The molecule has 3 rings (SSSR count). The van der Waals surface area contributed by atoms with E-state index in [1.807, 2.05) is 0 Å². The third-order valence-electron chi connectivity index (χ3n) is 4.12. The first-order valence-electron chi connectivity index (χ1n) is 9.28. The molecule has 0 saturated carbocycles. The molecular weight excluding hydrogens is 386 g/mol. The quantitative estimate of drug-likeness (QED) is 0.291. The zero-order valence-corrected chi connectivity index (χ0v) is 16.8. The van der Waals surface area contributed by atoms with Gasteiger partial charge in [-0.3, -0.25) is 4.79 Å². The first kappa shape index (κ1) is 20.9. The monoisotopic (exact) mass is 407 g/mol. The average molecular weight is 407 g/mol. The number of esters is 1. The first-order valence-corrected chi connectivity index (χ1v) is 9.28. The van der Waals surface area contributed by atoms with Crippen LogP contribution in [0.25, 0.3) is 17.0 Å². The molecule has 0 aliphatic carbocycles. The van der Waals surface area contributed by atoms with E-state index in [9.17, 15) is 14.4 Å². The van der Waals surface area contributed by atoms with Crippen LogP contribution in [0.4, 0.5) is 0 Å². The van der Waals surface area contributed by atoms with Gasteiger partial charge >= 0.3 is 11.6 Å². The number of rotatable bonds is 6. The number of fused-ring (bicyclic) bond motifs is 1. The summed E-state index contributed by atoms with van der Waals surface area (Å²) in [6.07, 6.45) is 2.91. The average Bonchev–Trinajstić information content (AvgIpc) is 2.71. The summed E-state index contributed by atoms with van der Waals surface area (Å²) in [5.41, 5.74) is 0.182. The van der Waals surface area contributed by atoms with Gasteiger partial charge < -0.3 is 19.2 Å². The van der Waals surface area contributed by atoms with Crippen LogP contribution in [0.3, 0.4) is 0 Å². The number of carbonyl (C=O) groups is 2. The topological polar surface area (TPSA) is 94.8 Å². The smallest absolute Gasteiger partial charge is 0.349 e. The Kier molecular flexibility index (Phi) is 6.32. The number of nitrogens with one attached hydrogen (secondary N) is 1. The molecule has 0 bridgehead atoms. The van der Waals surface area contributed by atoms with Crippen molar-refractivity contribution in [3.05, 3.63) is 76.2 Å². The minimum absolute atomic E-state index is 0.0802. The van der Waals surface area contributed by atoms with Crippen LogP contribution in [0.5, 0.6) is 11.5 Å². The highest BCUT2D eigenvalue weighted by molar-refractivity contribution is 5.97. The van der Waals surface area contributed by atoms with Crippen molar-refractivity contribution >= 4 is 28.9 Å². The van der Waals surface area contributed by atoms with E-state index in [0.29, 0.717) is 5.39 Å². The van der Waals surface area contributed by atoms with Crippen LogP contribution in [0, 0.1) is 0 Å². The van der Waals surface area contributed by atoms with Crippen LogP contribution in [0.1, 0.15) is 29.8 Å². The fourth-order valence-corrected chi connectivity index (χ4v) is 2.68. The van der Waals surface area contributed by atoms with Gasteiger partial charge in [0.15, 0.2) is 0 Å². The van der Waals surface area contributed by atoms with Crippen LogP contribution >= 0.6 is 0 Å². The number of amides is 1. The van der Waals surface area contributed by atoms with E-state index in [4.69, 9.17) is 13.9 Å². The molecule has 0 radical (unpaired) electrons. The van der Waals surface area contributed by atoms with Gasteiger partial charge in [0.05, 0.1) is 7.11 Å². The third kappa shape index (κ3) is 5.14. The second kappa shape index (κ2) is 9.09. The minimum atomic E-state index is -0.761. The van der Waals surface area contributed by atoms with E-state index in [1.165, 1.54) is 18.2 Å². The molecule has 0 atom stereocenters. The van der Waals surface area contributed by atoms with E-state index in [-0.39, 0.29) is 22.9 Å². The summed E-state index contributed by atoms with van der Waals surface area (Å²) in [5.74, 6) is -0.146. The molecule has 0 saturated heterocycles. The Bertz CT molecular complexity index is 1160. The fraction of sp³-hybridized carbons (Fsp3) is 0.174. The third-order valence-corrected chi connectivity index (χ3v) is 4.12. The molecule has 7 heteroatoms. The molecule has 0 spiro atoms. The van der Waals surface area contributed by atoms with Crippen molar-refractivity contribution in [2.24, 2.45) is 0 Å². The SMILES string of the molecule is COc1ccc(/C=C/C(=O)Oc2ccc3cc(C(=O)NC(C)C)c(=O)oc3c2)cc1. The van der Waals surface area contributed by atoms with E-state index >= 15 is 0 Å². The second-order valence-corrected chi connectivity index (χ2v) is 6.80. The highest BCUT2D eigenvalue weighted by Crippen LogP contribution is 2.21. The Morgan fingerprint density at radius 2 is 1.73 bits per heavy atom. The predicted molar refractivity (Wildman–Crippen MR) is 113 cm³/mol. The van der Waals surface area contributed by atoms with Crippen molar-refractivity contribution in [3.8, 4) is 11.5 Å². The van der Waals surface area contributed by atoms with Crippen molar-refractivity contribution in [2.45, 2.75) is 19.9 Å². The van der Waals surface area contributed by atoms with Crippen molar-refractivity contribution in [1.82, 2.24) is 5.32 Å². The lowest BCUT2D eigenvalue weighted by Gasteiger charge is -2.08. The molecule has 154 valence electrons. The summed E-state index contributed by atoms with van der Waals surface area (Å²) in [5, 5.41) is 3.19. The summed E-state index contributed by atoms with van der Waals surface area (Å²) in [6, 6.07) is 13.1. The lowest BCUT2D eigenvalue weighted by molar-refractivity contribution is -0.128. The fourth-order valence-electron chi connectivity index (χ4n) is 2.68. The highest BCUT2D eigenvalue weighted by atomic mass is 16.5. The van der Waals surface area contributed by atoms with Crippen LogP contribution in [-0.2, 0) is 4.79 Å². The van der Waals surface area contributed by atoms with Crippen molar-refractivity contribution in [3.63, 3.8) is 0 Å². The van der Waals surface area contributed by atoms with Gasteiger partial charge in [-0.25, -0.2) is 9.59 Å². The molecule has 1 aromatic heterocycles. The van der Waals surface area contributed by atoms with Crippen LogP contribution < -0.4 is 20.4 Å². The molecule has 0 aliphatic rings. The van der Waals surface area contributed by atoms with Gasteiger partial charge in [-0.15, -0.1) is 0 Å². The molecule has 30 heavy (non-hydrogen) atoms. The van der Waals surface area contributed by atoms with E-state index in [0.717, 1.165) is 11.3 Å². The second-order valence-electron chi connectivity index (χ2n) is 6.80. The zero-order valence-electron chi connectivity index (χ0n) is 16.8. The molecule has 0 fully saturated rings. The molecular formula is C23H21NO6. The Morgan fingerprint density at radius 1 is 1.03 bits per heavy atom. The Labute approximate surface area is 172 Å². The number of hydrogen-bond acceptors (Lipinski definition) is 6. The molecule has 0 unspecified atom stereocenters. The zero-order chi connectivity index (χ0) is 21.7. The van der Waals surface area contributed by atoms with Crippen molar-refractivity contribution in [1.29, 1.82) is 0 Å². The number of benzene rings is 2. The lowest BCUT2D eigenvalue weighted by atomic mass is 10.1. The van der Waals surface area contributed by atoms with Gasteiger partial charge in [0.25, 0.3) is 5.91 Å². The van der Waals surface area contributed by atoms with Gasteiger partial charge in [0.2, 0.25) is 0 Å². The molecule has 1 amide bonds. The largest absolute Gasteiger partial charge is 0.497 e. The standard InChI is InChI=1S/C23H21NO6/c1-14(2)24-22(26)19-12-16-7-10-18(13-20(16)30-23(19)27)29-21(25)11-6-15-4-8-17(28-3)9-5-15/h4-14H,1-3H3,(H,24,26)/b11-6+. The maximum atomic E-state index is 12.1. The Balaban J connectivity index is 1.74. The molecule has 1 N–H and O–H groups in total. The maximum absolute atomic E-state index is 12.1. The summed E-state index contributed by atoms with van der Waals surface area (Å²) in [6.45, 7) is 3.59. The number of ether oxygens (including phenoxy) is 2. The maximum Gasteiger partial charge on any atom is 0.349 e. The normalized spacial score (nSPS) is 11.1. The van der Waals surface area contributed by atoms with E-state index < -0.39 is 17.5 Å². The Morgan fingerprint density at radius 3 is 2.40 bits per heavy atom. The molecule has 1 heterocycles. The highest BCUT2D eigenvalue weighted by Gasteiger charge is 2.15. The molecule has 2 aromatic carbocycles. The van der Waals surface area contributed by atoms with Crippen LogP contribution in [0.15, 0.2) is 63.8 Å². The summed E-state index contributed by atoms with van der Waals surface area (Å²) in [4.78, 5) is 36.3. The van der Waals surface area contributed by atoms with Crippen molar-refractivity contribution < 1.29 is 23.5 Å². The van der Waals surface area contributed by atoms with Crippen LogP contribution in [0.2, 0.25) is 0 Å². The van der Waals surface area contributed by atoms with Gasteiger partial charge in [0, 0.05) is 23.6 Å².